The molecule has 0 saturated heterocycles. The first kappa shape index (κ1) is 15.8. The second-order valence-electron chi connectivity index (χ2n) is 5.32. The highest BCUT2D eigenvalue weighted by molar-refractivity contribution is 5.57. The number of unbranched alkanes of at least 4 members (excludes halogenated alkanes) is 1. The molecule has 0 aromatic carbocycles. The van der Waals surface area contributed by atoms with Crippen molar-refractivity contribution in [2.45, 2.75) is 51.1 Å². The zero-order chi connectivity index (χ0) is 15.5. The smallest absolute Gasteiger partial charge is 0.370 e. The number of halogens is 3. The predicted molar refractivity (Wildman–Crippen MR) is 74.9 cm³/mol. The fourth-order valence-corrected chi connectivity index (χ4v) is 2.03. The highest BCUT2D eigenvalue weighted by atomic mass is 19.4. The molecule has 0 bridgehead atoms. The summed E-state index contributed by atoms with van der Waals surface area (Å²) in [5.41, 5.74) is 3.32. The van der Waals surface area contributed by atoms with Gasteiger partial charge in [-0.1, -0.05) is 0 Å². The number of aromatic nitrogens is 2. The number of nitrogen functional groups attached to an aromatic ring is 1. The summed E-state index contributed by atoms with van der Waals surface area (Å²) < 4.78 is 36.2. The summed E-state index contributed by atoms with van der Waals surface area (Å²) in [6.45, 7) is 2.27. The van der Waals surface area contributed by atoms with Crippen molar-refractivity contribution in [3.05, 3.63) is 11.4 Å². The molecule has 0 aliphatic heterocycles. The normalized spacial score (nSPS) is 15.1. The second-order valence-corrected chi connectivity index (χ2v) is 5.32. The average Bonchev–Trinajstić information content (AvgIpc) is 3.23. The molecule has 1 aromatic heterocycles. The SMILES string of the molecule is Cc1c(NN)nc(C2CC2)nc1NCCCCC(F)(F)F. The van der Waals surface area contributed by atoms with Crippen molar-refractivity contribution >= 4 is 11.6 Å². The minimum atomic E-state index is -4.08. The molecule has 4 N–H and O–H groups in total. The number of hydrogen-bond donors (Lipinski definition) is 3. The lowest BCUT2D eigenvalue weighted by Crippen LogP contribution is -2.15. The molecule has 5 nitrogen and oxygen atoms in total. The van der Waals surface area contributed by atoms with Gasteiger partial charge in [0.15, 0.2) is 0 Å². The van der Waals surface area contributed by atoms with E-state index in [0.29, 0.717) is 30.5 Å². The van der Waals surface area contributed by atoms with Crippen LogP contribution in [-0.2, 0) is 0 Å². The van der Waals surface area contributed by atoms with Crippen molar-refractivity contribution < 1.29 is 13.2 Å². The first-order valence-corrected chi connectivity index (χ1v) is 7.06. The quantitative estimate of drug-likeness (QED) is 0.410. The van der Waals surface area contributed by atoms with E-state index in [1.54, 1.807) is 0 Å². The van der Waals surface area contributed by atoms with Gasteiger partial charge in [0.1, 0.15) is 17.5 Å². The lowest BCUT2D eigenvalue weighted by molar-refractivity contribution is -0.135. The third-order valence-electron chi connectivity index (χ3n) is 3.42. The van der Waals surface area contributed by atoms with Crippen LogP contribution in [0.2, 0.25) is 0 Å². The predicted octanol–water partition coefficient (Wildman–Crippen LogP) is 3.09. The zero-order valence-corrected chi connectivity index (χ0v) is 11.9. The van der Waals surface area contributed by atoms with Crippen molar-refractivity contribution in [3.8, 4) is 0 Å². The van der Waals surface area contributed by atoms with E-state index in [1.807, 2.05) is 6.92 Å². The molecule has 0 spiro atoms. The Hall–Kier alpha value is -1.57. The van der Waals surface area contributed by atoms with E-state index in [4.69, 9.17) is 5.84 Å². The maximum Gasteiger partial charge on any atom is 0.389 e. The first-order valence-electron chi connectivity index (χ1n) is 7.06. The van der Waals surface area contributed by atoms with Crippen LogP contribution in [0.3, 0.4) is 0 Å². The number of alkyl halides is 3. The van der Waals surface area contributed by atoms with Crippen LogP contribution >= 0.6 is 0 Å². The van der Waals surface area contributed by atoms with E-state index in [9.17, 15) is 13.2 Å². The standard InChI is InChI=1S/C13H20F3N5/c1-8-10(18-7-3-2-6-13(14,15)16)19-12(9-4-5-9)20-11(8)21-17/h9H,2-7,17H2,1H3,(H2,18,19,20,21). The van der Waals surface area contributed by atoms with E-state index in [0.717, 1.165) is 24.2 Å². The van der Waals surface area contributed by atoms with E-state index < -0.39 is 12.6 Å². The van der Waals surface area contributed by atoms with Crippen molar-refractivity contribution in [2.75, 3.05) is 17.3 Å². The topological polar surface area (TPSA) is 75.9 Å². The molecule has 1 aromatic rings. The lowest BCUT2D eigenvalue weighted by atomic mass is 10.2. The minimum absolute atomic E-state index is 0.109. The number of nitrogens with zero attached hydrogens (tertiary/aromatic N) is 2. The summed E-state index contributed by atoms with van der Waals surface area (Å²) in [6, 6.07) is 0. The Morgan fingerprint density at radius 3 is 2.43 bits per heavy atom. The largest absolute Gasteiger partial charge is 0.389 e. The third kappa shape index (κ3) is 4.73. The minimum Gasteiger partial charge on any atom is -0.370 e. The average molecular weight is 303 g/mol. The highest BCUT2D eigenvalue weighted by Crippen LogP contribution is 2.39. The highest BCUT2D eigenvalue weighted by Gasteiger charge is 2.28. The summed E-state index contributed by atoms with van der Waals surface area (Å²) in [5, 5.41) is 3.08. The molecular formula is C13H20F3N5. The maximum atomic E-state index is 12.1. The van der Waals surface area contributed by atoms with Crippen LogP contribution in [-0.4, -0.2) is 22.7 Å². The molecule has 1 aliphatic rings. The van der Waals surface area contributed by atoms with Crippen LogP contribution in [0, 0.1) is 6.92 Å². The number of hydrazine groups is 1. The summed E-state index contributed by atoms with van der Waals surface area (Å²) in [4.78, 5) is 8.80. The molecular weight excluding hydrogens is 283 g/mol. The van der Waals surface area contributed by atoms with Gasteiger partial charge in [0.05, 0.1) is 0 Å². The second kappa shape index (κ2) is 6.46. The molecule has 1 fully saturated rings. The van der Waals surface area contributed by atoms with Gasteiger partial charge in [-0.25, -0.2) is 15.8 Å². The monoisotopic (exact) mass is 303 g/mol. The summed E-state index contributed by atoms with van der Waals surface area (Å²) in [6.07, 6.45) is -2.15. The van der Waals surface area contributed by atoms with Crippen LogP contribution in [0.5, 0.6) is 0 Å². The molecule has 0 amide bonds. The van der Waals surface area contributed by atoms with Gasteiger partial charge in [0, 0.05) is 24.4 Å². The fourth-order valence-electron chi connectivity index (χ4n) is 2.03. The van der Waals surface area contributed by atoms with E-state index in [1.165, 1.54) is 0 Å². The molecule has 0 atom stereocenters. The Bertz CT molecular complexity index is 485. The van der Waals surface area contributed by atoms with Gasteiger partial charge >= 0.3 is 6.18 Å². The molecule has 21 heavy (non-hydrogen) atoms. The molecule has 0 radical (unpaired) electrons. The van der Waals surface area contributed by atoms with Crippen LogP contribution in [0.1, 0.15) is 49.4 Å². The van der Waals surface area contributed by atoms with Gasteiger partial charge in [-0.2, -0.15) is 13.2 Å². The Morgan fingerprint density at radius 1 is 1.19 bits per heavy atom. The Labute approximate surface area is 121 Å². The zero-order valence-electron chi connectivity index (χ0n) is 11.9. The van der Waals surface area contributed by atoms with Crippen LogP contribution in [0.25, 0.3) is 0 Å². The Kier molecular flexibility index (Phi) is 4.87. The number of nitrogens with one attached hydrogen (secondary N) is 2. The summed E-state index contributed by atoms with van der Waals surface area (Å²) >= 11 is 0. The number of hydrogen-bond acceptors (Lipinski definition) is 5. The molecule has 2 rings (SSSR count). The van der Waals surface area contributed by atoms with Gasteiger partial charge in [-0.3, -0.25) is 0 Å². The summed E-state index contributed by atoms with van der Waals surface area (Å²) in [7, 11) is 0. The lowest BCUT2D eigenvalue weighted by Gasteiger charge is -2.13. The molecule has 1 aliphatic carbocycles. The fraction of sp³-hybridized carbons (Fsp3) is 0.692. The van der Waals surface area contributed by atoms with Crippen molar-refractivity contribution in [1.82, 2.24) is 9.97 Å². The van der Waals surface area contributed by atoms with Gasteiger partial charge in [-0.15, -0.1) is 0 Å². The van der Waals surface area contributed by atoms with Gasteiger partial charge in [-0.05, 0) is 32.6 Å². The van der Waals surface area contributed by atoms with Crippen LogP contribution < -0.4 is 16.6 Å². The van der Waals surface area contributed by atoms with Gasteiger partial charge < -0.3 is 10.7 Å². The molecule has 118 valence electrons. The molecule has 8 heteroatoms. The van der Waals surface area contributed by atoms with Crippen molar-refractivity contribution in [3.63, 3.8) is 0 Å². The number of nitrogens with two attached hydrogens (primary N) is 1. The van der Waals surface area contributed by atoms with E-state index >= 15 is 0 Å². The molecule has 1 saturated carbocycles. The van der Waals surface area contributed by atoms with Crippen LogP contribution in [0.15, 0.2) is 0 Å². The van der Waals surface area contributed by atoms with Crippen molar-refractivity contribution in [2.24, 2.45) is 5.84 Å². The summed E-state index contributed by atoms with van der Waals surface area (Å²) in [5.74, 6) is 7.77. The Morgan fingerprint density at radius 2 is 1.86 bits per heavy atom. The van der Waals surface area contributed by atoms with Gasteiger partial charge in [0.2, 0.25) is 0 Å². The molecule has 0 unspecified atom stereocenters. The van der Waals surface area contributed by atoms with Crippen molar-refractivity contribution in [1.29, 1.82) is 0 Å². The third-order valence-corrected chi connectivity index (χ3v) is 3.42. The van der Waals surface area contributed by atoms with E-state index in [-0.39, 0.29) is 6.42 Å². The first-order chi connectivity index (χ1) is 9.90. The molecule has 1 heterocycles. The maximum absolute atomic E-state index is 12.1. The van der Waals surface area contributed by atoms with E-state index in [2.05, 4.69) is 20.7 Å². The number of anilines is 2. The Balaban J connectivity index is 1.91. The number of rotatable bonds is 7. The van der Waals surface area contributed by atoms with Gasteiger partial charge in [0.25, 0.3) is 0 Å². The van der Waals surface area contributed by atoms with Crippen LogP contribution in [0.4, 0.5) is 24.8 Å².